The molecule has 0 aliphatic carbocycles. The van der Waals surface area contributed by atoms with E-state index in [1.807, 2.05) is 35.6 Å². The lowest BCUT2D eigenvalue weighted by Gasteiger charge is -2.06. The monoisotopic (exact) mass is 346 g/mol. The van der Waals surface area contributed by atoms with Gasteiger partial charge < -0.3 is 0 Å². The molecular weight excluding hydrogens is 341 g/mol. The lowest BCUT2D eigenvalue weighted by Crippen LogP contribution is -1.92. The van der Waals surface area contributed by atoms with Crippen LogP contribution in [0.3, 0.4) is 0 Å². The molecule has 4 heteroatoms. The summed E-state index contributed by atoms with van der Waals surface area (Å²) in [5, 5.41) is 0. The number of halogens is 4. The van der Waals surface area contributed by atoms with Gasteiger partial charge in [0.15, 0.2) is 0 Å². The molecule has 0 fully saturated rings. The highest BCUT2D eigenvalue weighted by Gasteiger charge is 2.13. The van der Waals surface area contributed by atoms with Gasteiger partial charge >= 0.3 is 0 Å². The van der Waals surface area contributed by atoms with Crippen molar-refractivity contribution in [2.24, 2.45) is 0 Å². The molecule has 0 saturated heterocycles. The summed E-state index contributed by atoms with van der Waals surface area (Å²) < 4.78 is 26.1. The topological polar surface area (TPSA) is 0 Å². The first-order chi connectivity index (χ1) is 5.52. The minimum atomic E-state index is -2.40. The van der Waals surface area contributed by atoms with Crippen molar-refractivity contribution in [1.29, 1.82) is 0 Å². The van der Waals surface area contributed by atoms with E-state index < -0.39 is 6.43 Å². The maximum atomic E-state index is 12.4. The first-order valence-corrected chi connectivity index (χ1v) is 5.13. The maximum absolute atomic E-state index is 12.4. The van der Waals surface area contributed by atoms with Crippen LogP contribution in [0.1, 0.15) is 17.6 Å². The van der Waals surface area contributed by atoms with Gasteiger partial charge in [0.25, 0.3) is 6.43 Å². The fourth-order valence-corrected chi connectivity index (χ4v) is 2.05. The van der Waals surface area contributed by atoms with Crippen LogP contribution in [0.2, 0.25) is 0 Å². The molecule has 0 saturated carbocycles. The Morgan fingerprint density at radius 1 is 1.42 bits per heavy atom. The molecule has 0 N–H and O–H groups in total. The van der Waals surface area contributed by atoms with Gasteiger partial charge in [-0.15, -0.1) is 0 Å². The number of hydrogen-bond acceptors (Lipinski definition) is 0. The van der Waals surface area contributed by atoms with Crippen LogP contribution < -0.4 is 0 Å². The number of benzene rings is 1. The second-order valence-corrected chi connectivity index (χ2v) is 4.42. The van der Waals surface area contributed by atoms with E-state index in [9.17, 15) is 8.78 Å². The molecule has 0 atom stereocenters. The highest BCUT2D eigenvalue weighted by atomic mass is 127. The molecule has 0 unspecified atom stereocenters. The van der Waals surface area contributed by atoms with E-state index in [1.165, 1.54) is 6.07 Å². The minimum absolute atomic E-state index is 0.0995. The second-order valence-electron chi connectivity index (χ2n) is 2.43. The third-order valence-corrected chi connectivity index (χ3v) is 3.41. The van der Waals surface area contributed by atoms with Gasteiger partial charge in [0.1, 0.15) is 0 Å². The molecule has 1 aromatic rings. The molecule has 0 aliphatic heterocycles. The van der Waals surface area contributed by atoms with Crippen molar-refractivity contribution in [2.75, 3.05) is 0 Å². The van der Waals surface area contributed by atoms with E-state index in [0.717, 1.165) is 5.56 Å². The van der Waals surface area contributed by atoms with E-state index in [0.29, 0.717) is 8.04 Å². The maximum Gasteiger partial charge on any atom is 0.264 e. The predicted molar refractivity (Wildman–Crippen MR) is 56.6 cm³/mol. The van der Waals surface area contributed by atoms with Crippen LogP contribution in [0.25, 0.3) is 0 Å². The van der Waals surface area contributed by atoms with E-state index in [1.54, 1.807) is 0 Å². The Hall–Kier alpha value is 0.290. The second kappa shape index (κ2) is 4.00. The number of aryl methyl sites for hydroxylation is 1. The third-order valence-electron chi connectivity index (χ3n) is 1.48. The Morgan fingerprint density at radius 3 is 2.50 bits per heavy atom. The third kappa shape index (κ3) is 2.16. The largest absolute Gasteiger partial charge is 0.264 e. The van der Waals surface area contributed by atoms with Crippen LogP contribution in [0.15, 0.2) is 16.6 Å². The van der Waals surface area contributed by atoms with E-state index in [-0.39, 0.29) is 5.56 Å². The average molecular weight is 347 g/mol. The number of alkyl halides is 2. The SMILES string of the molecule is Cc1cc(Br)cc(C(F)F)c1I. The summed E-state index contributed by atoms with van der Waals surface area (Å²) in [6.07, 6.45) is -2.40. The van der Waals surface area contributed by atoms with Crippen molar-refractivity contribution >= 4 is 38.5 Å². The zero-order chi connectivity index (χ0) is 9.30. The van der Waals surface area contributed by atoms with Crippen molar-refractivity contribution < 1.29 is 8.78 Å². The van der Waals surface area contributed by atoms with E-state index >= 15 is 0 Å². The van der Waals surface area contributed by atoms with Crippen LogP contribution in [0.4, 0.5) is 8.78 Å². The highest BCUT2D eigenvalue weighted by molar-refractivity contribution is 14.1. The lowest BCUT2D eigenvalue weighted by molar-refractivity contribution is 0.150. The summed E-state index contributed by atoms with van der Waals surface area (Å²) in [5.74, 6) is 0. The smallest absolute Gasteiger partial charge is 0.205 e. The average Bonchev–Trinajstić information content (AvgIpc) is 1.96. The molecule has 66 valence electrons. The Labute approximate surface area is 91.6 Å². The van der Waals surface area contributed by atoms with Gasteiger partial charge in [-0.25, -0.2) is 8.78 Å². The van der Waals surface area contributed by atoms with E-state index in [4.69, 9.17) is 0 Å². The fraction of sp³-hybridized carbons (Fsp3) is 0.250. The number of hydrogen-bond donors (Lipinski definition) is 0. The van der Waals surface area contributed by atoms with Gasteiger partial charge in [-0.3, -0.25) is 0 Å². The van der Waals surface area contributed by atoms with Crippen molar-refractivity contribution in [3.8, 4) is 0 Å². The normalized spacial score (nSPS) is 10.8. The summed E-state index contributed by atoms with van der Waals surface area (Å²) in [7, 11) is 0. The van der Waals surface area contributed by atoms with Crippen LogP contribution in [-0.2, 0) is 0 Å². The van der Waals surface area contributed by atoms with Gasteiger partial charge in [0, 0.05) is 13.6 Å². The van der Waals surface area contributed by atoms with Gasteiger partial charge in [0.2, 0.25) is 0 Å². The zero-order valence-corrected chi connectivity index (χ0v) is 9.99. The van der Waals surface area contributed by atoms with Crippen LogP contribution in [0.5, 0.6) is 0 Å². The Morgan fingerprint density at radius 2 is 2.00 bits per heavy atom. The lowest BCUT2D eigenvalue weighted by atomic mass is 10.1. The summed E-state index contributed by atoms with van der Waals surface area (Å²) in [6.45, 7) is 1.82. The van der Waals surface area contributed by atoms with Gasteiger partial charge in [-0.2, -0.15) is 0 Å². The molecule has 0 radical (unpaired) electrons. The quantitative estimate of drug-likeness (QED) is 0.665. The number of rotatable bonds is 1. The summed E-state index contributed by atoms with van der Waals surface area (Å²) in [5.41, 5.74) is 0.975. The summed E-state index contributed by atoms with van der Waals surface area (Å²) in [4.78, 5) is 0. The predicted octanol–water partition coefficient (Wildman–Crippen LogP) is 4.30. The molecule has 1 aromatic carbocycles. The molecule has 0 nitrogen and oxygen atoms in total. The van der Waals surface area contributed by atoms with E-state index in [2.05, 4.69) is 15.9 Å². The van der Waals surface area contributed by atoms with Crippen molar-refractivity contribution in [2.45, 2.75) is 13.3 Å². The molecule has 0 amide bonds. The fourth-order valence-electron chi connectivity index (χ4n) is 0.910. The van der Waals surface area contributed by atoms with Crippen LogP contribution in [-0.4, -0.2) is 0 Å². The standard InChI is InChI=1S/C8H6BrF2I/c1-4-2-5(9)3-6(7(4)12)8(10)11/h2-3,8H,1H3. The molecule has 0 heterocycles. The molecule has 12 heavy (non-hydrogen) atoms. The first-order valence-electron chi connectivity index (χ1n) is 3.26. The molecular formula is C8H6BrF2I. The summed E-state index contributed by atoms with van der Waals surface area (Å²) in [6, 6.07) is 3.28. The Balaban J connectivity index is 3.28. The molecule has 0 aromatic heterocycles. The molecule has 1 rings (SSSR count). The highest BCUT2D eigenvalue weighted by Crippen LogP contribution is 2.29. The molecule has 0 bridgehead atoms. The van der Waals surface area contributed by atoms with Gasteiger partial charge in [-0.05, 0) is 47.2 Å². The molecule has 0 aliphatic rings. The Kier molecular flexibility index (Phi) is 3.46. The Bertz CT molecular complexity index is 299. The van der Waals surface area contributed by atoms with Crippen molar-refractivity contribution in [3.05, 3.63) is 31.3 Å². The molecule has 0 spiro atoms. The van der Waals surface area contributed by atoms with Gasteiger partial charge in [0.05, 0.1) is 0 Å². The zero-order valence-electron chi connectivity index (χ0n) is 6.24. The van der Waals surface area contributed by atoms with Crippen molar-refractivity contribution in [1.82, 2.24) is 0 Å². The van der Waals surface area contributed by atoms with Crippen LogP contribution >= 0.6 is 38.5 Å². The van der Waals surface area contributed by atoms with Gasteiger partial charge in [-0.1, -0.05) is 15.9 Å². The van der Waals surface area contributed by atoms with Crippen LogP contribution in [0, 0.1) is 10.5 Å². The van der Waals surface area contributed by atoms with Crippen molar-refractivity contribution in [3.63, 3.8) is 0 Å². The minimum Gasteiger partial charge on any atom is -0.205 e. The first kappa shape index (κ1) is 10.4. The summed E-state index contributed by atoms with van der Waals surface area (Å²) >= 11 is 5.11.